The summed E-state index contributed by atoms with van der Waals surface area (Å²) in [6, 6.07) is 7.97. The number of carbonyl (C=O) groups excluding carboxylic acids is 1. The normalized spacial score (nSPS) is 10.4. The highest BCUT2D eigenvalue weighted by atomic mass is 16.5. The Bertz CT molecular complexity index is 363. The number of methoxy groups -OCH3 is 1. The van der Waals surface area contributed by atoms with E-state index in [2.05, 4.69) is 17.6 Å². The average molecular weight is 264 g/mol. The van der Waals surface area contributed by atoms with E-state index in [-0.39, 0.29) is 5.91 Å². The molecule has 19 heavy (non-hydrogen) atoms. The van der Waals surface area contributed by atoms with Crippen LogP contribution in [0.1, 0.15) is 25.3 Å². The largest absolute Gasteiger partial charge is 0.385 e. The van der Waals surface area contributed by atoms with Crippen LogP contribution in [0.15, 0.2) is 24.3 Å². The topological polar surface area (TPSA) is 50.4 Å². The average Bonchev–Trinajstić information content (AvgIpc) is 2.43. The number of ether oxygens (including phenoxy) is 1. The molecule has 0 aromatic heterocycles. The fraction of sp³-hybridized carbons (Fsp3) is 0.533. The first-order valence-electron chi connectivity index (χ1n) is 6.84. The molecule has 0 aliphatic heterocycles. The predicted molar refractivity (Wildman–Crippen MR) is 78.4 cm³/mol. The van der Waals surface area contributed by atoms with Crippen molar-refractivity contribution in [2.75, 3.05) is 32.1 Å². The summed E-state index contributed by atoms with van der Waals surface area (Å²) >= 11 is 0. The summed E-state index contributed by atoms with van der Waals surface area (Å²) in [5, 5.41) is 6.11. The van der Waals surface area contributed by atoms with Crippen molar-refractivity contribution in [3.8, 4) is 0 Å². The Kier molecular flexibility index (Phi) is 7.86. The van der Waals surface area contributed by atoms with Crippen LogP contribution in [0.3, 0.4) is 0 Å². The van der Waals surface area contributed by atoms with Crippen molar-refractivity contribution in [1.29, 1.82) is 0 Å². The lowest BCUT2D eigenvalue weighted by atomic mass is 10.1. The molecule has 0 saturated heterocycles. The maximum Gasteiger partial charge on any atom is 0.225 e. The fourth-order valence-corrected chi connectivity index (χ4v) is 1.72. The van der Waals surface area contributed by atoms with E-state index in [1.807, 2.05) is 24.3 Å². The van der Waals surface area contributed by atoms with Gasteiger partial charge in [-0.25, -0.2) is 0 Å². The first-order valence-corrected chi connectivity index (χ1v) is 6.84. The molecule has 2 N–H and O–H groups in total. The minimum absolute atomic E-state index is 0.0449. The molecule has 1 amide bonds. The van der Waals surface area contributed by atoms with Gasteiger partial charge in [0.25, 0.3) is 0 Å². The number of hydrogen-bond acceptors (Lipinski definition) is 3. The summed E-state index contributed by atoms with van der Waals surface area (Å²) in [5.41, 5.74) is 2.14. The second-order valence-electron chi connectivity index (χ2n) is 4.45. The molecule has 4 heteroatoms. The standard InChI is InChI=1S/C15H24N2O2/c1-3-13-5-7-14(8-6-13)17-15(18)9-11-16-10-4-12-19-2/h5-8,16H,3-4,9-12H2,1-2H3,(H,17,18). The molecule has 1 aromatic carbocycles. The summed E-state index contributed by atoms with van der Waals surface area (Å²) < 4.78 is 4.95. The third kappa shape index (κ3) is 6.94. The van der Waals surface area contributed by atoms with Gasteiger partial charge in [-0.2, -0.15) is 0 Å². The van der Waals surface area contributed by atoms with Crippen LogP contribution >= 0.6 is 0 Å². The Hall–Kier alpha value is -1.39. The van der Waals surface area contributed by atoms with E-state index in [0.29, 0.717) is 13.0 Å². The van der Waals surface area contributed by atoms with Gasteiger partial charge in [0.1, 0.15) is 0 Å². The molecule has 0 fully saturated rings. The van der Waals surface area contributed by atoms with Gasteiger partial charge in [0.2, 0.25) is 5.91 Å². The number of rotatable bonds is 9. The molecular formula is C15H24N2O2. The molecule has 0 aliphatic carbocycles. The van der Waals surface area contributed by atoms with Crippen LogP contribution in [0, 0.1) is 0 Å². The predicted octanol–water partition coefficient (Wildman–Crippen LogP) is 2.20. The van der Waals surface area contributed by atoms with Crippen LogP contribution in [-0.2, 0) is 16.0 Å². The Labute approximate surface area is 115 Å². The van der Waals surface area contributed by atoms with Gasteiger partial charge in [-0.3, -0.25) is 4.79 Å². The van der Waals surface area contributed by atoms with Gasteiger partial charge < -0.3 is 15.4 Å². The van der Waals surface area contributed by atoms with E-state index in [1.165, 1.54) is 5.56 Å². The van der Waals surface area contributed by atoms with Gasteiger partial charge in [-0.1, -0.05) is 19.1 Å². The first-order chi connectivity index (χ1) is 9.26. The molecule has 0 spiro atoms. The Balaban J connectivity index is 2.16. The number of amides is 1. The zero-order valence-corrected chi connectivity index (χ0v) is 11.9. The molecule has 0 saturated carbocycles. The summed E-state index contributed by atoms with van der Waals surface area (Å²) in [6.45, 7) is 4.45. The number of carbonyl (C=O) groups is 1. The van der Waals surface area contributed by atoms with Crippen molar-refractivity contribution >= 4 is 11.6 Å². The summed E-state index contributed by atoms with van der Waals surface area (Å²) in [6.07, 6.45) is 2.47. The van der Waals surface area contributed by atoms with Crippen molar-refractivity contribution in [1.82, 2.24) is 5.32 Å². The van der Waals surface area contributed by atoms with Crippen LogP contribution in [-0.4, -0.2) is 32.7 Å². The molecule has 0 unspecified atom stereocenters. The second-order valence-corrected chi connectivity index (χ2v) is 4.45. The van der Waals surface area contributed by atoms with E-state index < -0.39 is 0 Å². The lowest BCUT2D eigenvalue weighted by Gasteiger charge is -2.07. The minimum Gasteiger partial charge on any atom is -0.385 e. The molecule has 1 aromatic rings. The number of nitrogens with one attached hydrogen (secondary N) is 2. The lowest BCUT2D eigenvalue weighted by molar-refractivity contribution is -0.116. The van der Waals surface area contributed by atoms with Crippen LogP contribution in [0.5, 0.6) is 0 Å². The fourth-order valence-electron chi connectivity index (χ4n) is 1.72. The van der Waals surface area contributed by atoms with Crippen LogP contribution < -0.4 is 10.6 Å². The maximum absolute atomic E-state index is 11.7. The first kappa shape index (κ1) is 15.7. The highest BCUT2D eigenvalue weighted by Gasteiger charge is 2.01. The molecule has 0 heterocycles. The SMILES string of the molecule is CCc1ccc(NC(=O)CCNCCCOC)cc1. The van der Waals surface area contributed by atoms with E-state index >= 15 is 0 Å². The van der Waals surface area contributed by atoms with Crippen LogP contribution in [0.25, 0.3) is 0 Å². The molecule has 0 radical (unpaired) electrons. The van der Waals surface area contributed by atoms with E-state index in [0.717, 1.165) is 31.7 Å². The zero-order chi connectivity index (χ0) is 13.9. The van der Waals surface area contributed by atoms with E-state index in [1.54, 1.807) is 7.11 Å². The van der Waals surface area contributed by atoms with Crippen molar-refractivity contribution < 1.29 is 9.53 Å². The summed E-state index contributed by atoms with van der Waals surface area (Å²) in [5.74, 6) is 0.0449. The van der Waals surface area contributed by atoms with Crippen LogP contribution in [0.2, 0.25) is 0 Å². The smallest absolute Gasteiger partial charge is 0.225 e. The van der Waals surface area contributed by atoms with E-state index in [4.69, 9.17) is 4.74 Å². The third-order valence-electron chi connectivity index (χ3n) is 2.88. The van der Waals surface area contributed by atoms with Crippen molar-refractivity contribution in [3.63, 3.8) is 0 Å². The van der Waals surface area contributed by atoms with Crippen molar-refractivity contribution in [2.24, 2.45) is 0 Å². The number of anilines is 1. The van der Waals surface area contributed by atoms with Gasteiger partial charge in [0.05, 0.1) is 0 Å². The Morgan fingerprint density at radius 2 is 1.95 bits per heavy atom. The third-order valence-corrected chi connectivity index (χ3v) is 2.88. The molecular weight excluding hydrogens is 240 g/mol. The Morgan fingerprint density at radius 1 is 1.21 bits per heavy atom. The molecule has 106 valence electrons. The number of aryl methyl sites for hydroxylation is 1. The quantitative estimate of drug-likeness (QED) is 0.672. The molecule has 0 aliphatic rings. The molecule has 0 bridgehead atoms. The van der Waals surface area contributed by atoms with E-state index in [9.17, 15) is 4.79 Å². The molecule has 1 rings (SSSR count). The highest BCUT2D eigenvalue weighted by molar-refractivity contribution is 5.90. The zero-order valence-electron chi connectivity index (χ0n) is 11.9. The second kappa shape index (κ2) is 9.53. The van der Waals surface area contributed by atoms with Gasteiger partial charge >= 0.3 is 0 Å². The van der Waals surface area contributed by atoms with Gasteiger partial charge in [0.15, 0.2) is 0 Å². The number of benzene rings is 1. The number of hydrogen-bond donors (Lipinski definition) is 2. The van der Waals surface area contributed by atoms with Gasteiger partial charge in [-0.15, -0.1) is 0 Å². The van der Waals surface area contributed by atoms with Crippen LogP contribution in [0.4, 0.5) is 5.69 Å². The van der Waals surface area contributed by atoms with Gasteiger partial charge in [0, 0.05) is 32.4 Å². The maximum atomic E-state index is 11.7. The van der Waals surface area contributed by atoms with Gasteiger partial charge in [-0.05, 0) is 37.1 Å². The van der Waals surface area contributed by atoms with Crippen molar-refractivity contribution in [2.45, 2.75) is 26.2 Å². The highest BCUT2D eigenvalue weighted by Crippen LogP contribution is 2.09. The monoisotopic (exact) mass is 264 g/mol. The van der Waals surface area contributed by atoms with Crippen molar-refractivity contribution in [3.05, 3.63) is 29.8 Å². The lowest BCUT2D eigenvalue weighted by Crippen LogP contribution is -2.23. The summed E-state index contributed by atoms with van der Waals surface area (Å²) in [4.78, 5) is 11.7. The minimum atomic E-state index is 0.0449. The molecule has 4 nitrogen and oxygen atoms in total. The molecule has 0 atom stereocenters. The summed E-state index contributed by atoms with van der Waals surface area (Å²) in [7, 11) is 1.69. The Morgan fingerprint density at radius 3 is 2.58 bits per heavy atom.